The van der Waals surface area contributed by atoms with Gasteiger partial charge in [0.15, 0.2) is 5.78 Å². The summed E-state index contributed by atoms with van der Waals surface area (Å²) < 4.78 is 5.89. The molecule has 7 atom stereocenters. The third kappa shape index (κ3) is 2.83. The van der Waals surface area contributed by atoms with Gasteiger partial charge in [-0.3, -0.25) is 9.59 Å². The second-order valence-corrected chi connectivity index (χ2v) is 9.75. The second-order valence-electron chi connectivity index (χ2n) is 9.75. The van der Waals surface area contributed by atoms with Gasteiger partial charge in [0.25, 0.3) is 0 Å². The summed E-state index contributed by atoms with van der Waals surface area (Å²) in [5.74, 6) is 1.96. The van der Waals surface area contributed by atoms with Crippen LogP contribution in [0.25, 0.3) is 0 Å². The van der Waals surface area contributed by atoms with Gasteiger partial charge in [-0.25, -0.2) is 0 Å². The SMILES string of the molecule is C[C@@H]1C[C@H]2[C@@H]3CCC4=CC(=O)C=C[C@]4(C)[C@H]3CC[C@]2(C)[C@@H]1OC(=O)CCO. The summed E-state index contributed by atoms with van der Waals surface area (Å²) in [5.41, 5.74) is 1.35. The molecule has 0 heterocycles. The van der Waals surface area contributed by atoms with E-state index in [1.165, 1.54) is 5.57 Å². The lowest BCUT2D eigenvalue weighted by Crippen LogP contribution is -2.51. The van der Waals surface area contributed by atoms with Crippen LogP contribution in [0.2, 0.25) is 0 Å². The minimum absolute atomic E-state index is 0.00699. The highest BCUT2D eigenvalue weighted by molar-refractivity contribution is 6.01. The average Bonchev–Trinajstić information content (AvgIpc) is 2.87. The minimum atomic E-state index is -0.270. The Hall–Kier alpha value is -1.42. The van der Waals surface area contributed by atoms with E-state index in [0.29, 0.717) is 23.7 Å². The number of rotatable bonds is 3. The van der Waals surface area contributed by atoms with E-state index >= 15 is 0 Å². The van der Waals surface area contributed by atoms with Gasteiger partial charge in [0.2, 0.25) is 0 Å². The van der Waals surface area contributed by atoms with Crippen LogP contribution in [0.5, 0.6) is 0 Å². The van der Waals surface area contributed by atoms with Gasteiger partial charge in [0.1, 0.15) is 6.10 Å². The molecule has 27 heavy (non-hydrogen) atoms. The summed E-state index contributed by atoms with van der Waals surface area (Å²) in [6, 6.07) is 0. The molecule has 0 unspecified atom stereocenters. The zero-order valence-corrected chi connectivity index (χ0v) is 16.7. The maximum absolute atomic E-state index is 12.1. The van der Waals surface area contributed by atoms with Crippen molar-refractivity contribution in [2.75, 3.05) is 6.61 Å². The number of hydrogen-bond acceptors (Lipinski definition) is 4. The van der Waals surface area contributed by atoms with Crippen molar-refractivity contribution in [3.63, 3.8) is 0 Å². The molecule has 4 aliphatic rings. The molecule has 4 nitrogen and oxygen atoms in total. The highest BCUT2D eigenvalue weighted by Gasteiger charge is 2.61. The van der Waals surface area contributed by atoms with E-state index in [-0.39, 0.29) is 41.7 Å². The first-order valence-electron chi connectivity index (χ1n) is 10.5. The van der Waals surface area contributed by atoms with Crippen LogP contribution < -0.4 is 0 Å². The topological polar surface area (TPSA) is 63.6 Å². The summed E-state index contributed by atoms with van der Waals surface area (Å²) in [4.78, 5) is 23.9. The minimum Gasteiger partial charge on any atom is -0.461 e. The number of carbonyl (C=O) groups excluding carboxylic acids is 2. The van der Waals surface area contributed by atoms with E-state index in [4.69, 9.17) is 9.84 Å². The third-order valence-corrected chi connectivity index (χ3v) is 8.36. The molecule has 0 bridgehead atoms. The van der Waals surface area contributed by atoms with Gasteiger partial charge in [-0.2, -0.15) is 0 Å². The molecule has 0 aromatic carbocycles. The Kier molecular flexibility index (Phi) is 4.61. The molecule has 0 amide bonds. The lowest BCUT2D eigenvalue weighted by molar-refractivity contribution is -0.162. The number of hydrogen-bond donors (Lipinski definition) is 1. The maximum atomic E-state index is 12.1. The molecule has 4 rings (SSSR count). The van der Waals surface area contributed by atoms with Gasteiger partial charge in [0, 0.05) is 10.8 Å². The van der Waals surface area contributed by atoms with Crippen LogP contribution in [0.15, 0.2) is 23.8 Å². The van der Waals surface area contributed by atoms with Crippen molar-refractivity contribution >= 4 is 11.8 Å². The fraction of sp³-hybridized carbons (Fsp3) is 0.739. The van der Waals surface area contributed by atoms with Crippen molar-refractivity contribution in [2.24, 2.45) is 34.5 Å². The molecule has 4 heteroatoms. The van der Waals surface area contributed by atoms with Crippen LogP contribution in [0, 0.1) is 34.5 Å². The summed E-state index contributed by atoms with van der Waals surface area (Å²) >= 11 is 0. The van der Waals surface area contributed by atoms with Crippen LogP contribution in [0.1, 0.15) is 59.3 Å². The van der Waals surface area contributed by atoms with Gasteiger partial charge in [0.05, 0.1) is 13.0 Å². The van der Waals surface area contributed by atoms with Crippen molar-refractivity contribution in [1.29, 1.82) is 0 Å². The normalized spacial score (nSPS) is 45.6. The number of fused-ring (bicyclic) bond motifs is 5. The van der Waals surface area contributed by atoms with Crippen molar-refractivity contribution in [2.45, 2.75) is 65.4 Å². The quantitative estimate of drug-likeness (QED) is 0.765. The number of carbonyl (C=O) groups is 2. The molecule has 148 valence electrons. The lowest BCUT2D eigenvalue weighted by Gasteiger charge is -2.56. The summed E-state index contributed by atoms with van der Waals surface area (Å²) in [6.07, 6.45) is 11.3. The van der Waals surface area contributed by atoms with Crippen LogP contribution in [0.4, 0.5) is 0 Å². The predicted molar refractivity (Wildman–Crippen MR) is 103 cm³/mol. The lowest BCUT2D eigenvalue weighted by atomic mass is 9.48. The molecule has 3 fully saturated rings. The second kappa shape index (κ2) is 6.58. The highest BCUT2D eigenvalue weighted by Crippen LogP contribution is 2.65. The first kappa shape index (κ1) is 18.9. The van der Waals surface area contributed by atoms with E-state index in [2.05, 4.69) is 26.8 Å². The standard InChI is InChI=1S/C23H32O4/c1-14-12-19-17-5-4-15-13-16(25)6-9-22(15,2)18(17)7-10-23(19,3)21(14)27-20(26)8-11-24/h6,9,13-14,17-19,21,24H,4-5,7-8,10-12H2,1-3H3/t14-,17-,18+,19+,21-,22+,23+/m1/s1. The molecule has 0 aliphatic heterocycles. The van der Waals surface area contributed by atoms with Crippen LogP contribution in [0.3, 0.4) is 0 Å². The molecule has 0 saturated heterocycles. The van der Waals surface area contributed by atoms with Gasteiger partial charge in [-0.05, 0) is 67.9 Å². The first-order valence-corrected chi connectivity index (χ1v) is 10.5. The summed E-state index contributed by atoms with van der Waals surface area (Å²) in [5, 5.41) is 9.05. The highest BCUT2D eigenvalue weighted by atomic mass is 16.5. The predicted octanol–water partition coefficient (Wildman–Crippen LogP) is 3.83. The van der Waals surface area contributed by atoms with Crippen molar-refractivity contribution < 1.29 is 19.4 Å². The van der Waals surface area contributed by atoms with Gasteiger partial charge >= 0.3 is 5.97 Å². The van der Waals surface area contributed by atoms with E-state index in [1.807, 2.05) is 6.08 Å². The molecular weight excluding hydrogens is 340 g/mol. The van der Waals surface area contributed by atoms with E-state index in [1.54, 1.807) is 6.08 Å². The largest absolute Gasteiger partial charge is 0.461 e. The molecule has 0 spiro atoms. The Bertz CT molecular complexity index is 707. The Balaban J connectivity index is 1.60. The van der Waals surface area contributed by atoms with Crippen molar-refractivity contribution in [3.05, 3.63) is 23.8 Å². The first-order chi connectivity index (χ1) is 12.8. The zero-order chi connectivity index (χ0) is 19.4. The molecular formula is C23H32O4. The van der Waals surface area contributed by atoms with Crippen LogP contribution >= 0.6 is 0 Å². The monoisotopic (exact) mass is 372 g/mol. The number of allylic oxidation sites excluding steroid dienone is 4. The average molecular weight is 373 g/mol. The number of ketones is 1. The summed E-state index contributed by atoms with van der Waals surface area (Å²) in [6.45, 7) is 6.70. The van der Waals surface area contributed by atoms with Gasteiger partial charge in [-0.1, -0.05) is 32.4 Å². The Labute approximate surface area is 162 Å². The molecule has 0 aromatic rings. The van der Waals surface area contributed by atoms with Crippen LogP contribution in [-0.4, -0.2) is 29.6 Å². The maximum Gasteiger partial charge on any atom is 0.308 e. The molecule has 0 aromatic heterocycles. The summed E-state index contributed by atoms with van der Waals surface area (Å²) in [7, 11) is 0. The molecule has 0 radical (unpaired) electrons. The molecule has 4 aliphatic carbocycles. The molecule has 1 N–H and O–H groups in total. The zero-order valence-electron chi connectivity index (χ0n) is 16.7. The fourth-order valence-corrected chi connectivity index (χ4v) is 7.06. The van der Waals surface area contributed by atoms with Crippen molar-refractivity contribution in [1.82, 2.24) is 0 Å². The Morgan fingerprint density at radius 3 is 2.81 bits per heavy atom. The number of aliphatic hydroxyl groups excluding tert-OH is 1. The van der Waals surface area contributed by atoms with Crippen LogP contribution in [-0.2, 0) is 14.3 Å². The smallest absolute Gasteiger partial charge is 0.308 e. The van der Waals surface area contributed by atoms with E-state index in [0.717, 1.165) is 32.1 Å². The number of esters is 1. The molecule has 3 saturated carbocycles. The van der Waals surface area contributed by atoms with E-state index < -0.39 is 0 Å². The third-order valence-electron chi connectivity index (χ3n) is 8.36. The van der Waals surface area contributed by atoms with E-state index in [9.17, 15) is 9.59 Å². The van der Waals surface area contributed by atoms with Gasteiger partial charge in [-0.15, -0.1) is 0 Å². The fourth-order valence-electron chi connectivity index (χ4n) is 7.06. The van der Waals surface area contributed by atoms with Gasteiger partial charge < -0.3 is 9.84 Å². The number of aliphatic hydroxyl groups is 1. The number of ether oxygens (including phenoxy) is 1. The Morgan fingerprint density at radius 1 is 1.30 bits per heavy atom. The Morgan fingerprint density at radius 2 is 2.07 bits per heavy atom. The van der Waals surface area contributed by atoms with Crippen molar-refractivity contribution in [3.8, 4) is 0 Å².